The average molecular weight is 294 g/mol. The zero-order chi connectivity index (χ0) is 14.4. The topological polar surface area (TPSA) is 83.4 Å². The van der Waals surface area contributed by atoms with Crippen molar-refractivity contribution in [2.45, 2.75) is 0 Å². The maximum atomic E-state index is 11.5. The van der Waals surface area contributed by atoms with Gasteiger partial charge in [-0.2, -0.15) is 0 Å². The van der Waals surface area contributed by atoms with Gasteiger partial charge in [-0.05, 0) is 30.3 Å². The van der Waals surface area contributed by atoms with Crippen LogP contribution in [0.15, 0.2) is 47.1 Å². The molecule has 0 saturated heterocycles. The lowest BCUT2D eigenvalue weighted by molar-refractivity contribution is -0.119. The van der Waals surface area contributed by atoms with Crippen LogP contribution in [0.5, 0.6) is 0 Å². The van der Waals surface area contributed by atoms with Crippen LogP contribution in [0.1, 0.15) is 10.6 Å². The van der Waals surface area contributed by atoms with E-state index in [4.69, 9.17) is 16.0 Å². The summed E-state index contributed by atoms with van der Waals surface area (Å²) >= 11 is 5.80. The summed E-state index contributed by atoms with van der Waals surface area (Å²) in [4.78, 5) is 23.0. The Morgan fingerprint density at radius 3 is 2.75 bits per heavy atom. The monoisotopic (exact) mass is 293 g/mol. The Bertz CT molecular complexity index is 599. The van der Waals surface area contributed by atoms with Crippen molar-refractivity contribution in [3.05, 3.63) is 53.4 Å². The third-order valence-corrected chi connectivity index (χ3v) is 2.56. The largest absolute Gasteiger partial charge is 0.459 e. The number of hydrazine groups is 1. The second kappa shape index (κ2) is 6.63. The van der Waals surface area contributed by atoms with Gasteiger partial charge in [0.05, 0.1) is 18.5 Å². The van der Waals surface area contributed by atoms with E-state index in [1.807, 2.05) is 0 Å². The van der Waals surface area contributed by atoms with E-state index >= 15 is 0 Å². The van der Waals surface area contributed by atoms with Gasteiger partial charge in [-0.25, -0.2) is 0 Å². The summed E-state index contributed by atoms with van der Waals surface area (Å²) in [6.07, 6.45) is 1.38. The summed E-state index contributed by atoms with van der Waals surface area (Å²) in [5.74, 6) is -0.696. The maximum absolute atomic E-state index is 11.5. The molecule has 2 amide bonds. The van der Waals surface area contributed by atoms with E-state index in [2.05, 4.69) is 16.2 Å². The molecule has 1 heterocycles. The summed E-state index contributed by atoms with van der Waals surface area (Å²) in [6, 6.07) is 9.97. The molecule has 1 aromatic carbocycles. The first-order chi connectivity index (χ1) is 9.65. The normalized spacial score (nSPS) is 9.85. The second-order valence-electron chi connectivity index (χ2n) is 3.84. The number of amides is 2. The molecule has 0 atom stereocenters. The summed E-state index contributed by atoms with van der Waals surface area (Å²) in [7, 11) is 0. The Kier molecular flexibility index (Phi) is 4.62. The van der Waals surface area contributed by atoms with Crippen LogP contribution in [0.4, 0.5) is 5.69 Å². The molecule has 7 heteroatoms. The fourth-order valence-corrected chi connectivity index (χ4v) is 1.60. The maximum Gasteiger partial charge on any atom is 0.287 e. The first-order valence-electron chi connectivity index (χ1n) is 5.77. The van der Waals surface area contributed by atoms with Crippen molar-refractivity contribution in [2.24, 2.45) is 0 Å². The van der Waals surface area contributed by atoms with Gasteiger partial charge < -0.3 is 9.73 Å². The molecule has 20 heavy (non-hydrogen) atoms. The van der Waals surface area contributed by atoms with E-state index in [1.165, 1.54) is 12.3 Å². The van der Waals surface area contributed by atoms with Crippen molar-refractivity contribution in [3.8, 4) is 0 Å². The number of rotatable bonds is 5. The zero-order valence-electron chi connectivity index (χ0n) is 10.4. The van der Waals surface area contributed by atoms with Gasteiger partial charge in [-0.15, -0.1) is 0 Å². The third-order valence-electron chi connectivity index (χ3n) is 2.33. The lowest BCUT2D eigenvalue weighted by Gasteiger charge is -2.09. The Labute approximate surface area is 120 Å². The van der Waals surface area contributed by atoms with E-state index in [-0.39, 0.29) is 12.3 Å². The van der Waals surface area contributed by atoms with Crippen LogP contribution in [-0.2, 0) is 4.79 Å². The summed E-state index contributed by atoms with van der Waals surface area (Å²) in [5, 5.41) is 2.97. The smallest absolute Gasteiger partial charge is 0.287 e. The average Bonchev–Trinajstić information content (AvgIpc) is 2.97. The molecule has 0 spiro atoms. The molecule has 0 unspecified atom stereocenters. The number of carbonyl (C=O) groups is 2. The Balaban J connectivity index is 1.74. The molecular formula is C13H12ClN3O3. The van der Waals surface area contributed by atoms with Crippen molar-refractivity contribution in [3.63, 3.8) is 0 Å². The summed E-state index contributed by atoms with van der Waals surface area (Å²) < 4.78 is 4.90. The first-order valence-corrected chi connectivity index (χ1v) is 6.15. The predicted octanol–water partition coefficient (Wildman–Crippen LogP) is 1.81. The number of anilines is 1. The van der Waals surface area contributed by atoms with Crippen molar-refractivity contribution >= 4 is 29.1 Å². The molecule has 0 bridgehead atoms. The van der Waals surface area contributed by atoms with Crippen LogP contribution in [0.2, 0.25) is 5.02 Å². The van der Waals surface area contributed by atoms with Gasteiger partial charge in [-0.3, -0.25) is 20.4 Å². The van der Waals surface area contributed by atoms with Gasteiger partial charge in [0, 0.05) is 5.02 Å². The predicted molar refractivity (Wildman–Crippen MR) is 74.3 cm³/mol. The minimum atomic E-state index is -0.451. The van der Waals surface area contributed by atoms with Crippen LogP contribution in [-0.4, -0.2) is 18.4 Å². The van der Waals surface area contributed by atoms with E-state index in [0.717, 1.165) is 0 Å². The number of hydrogen-bond acceptors (Lipinski definition) is 4. The number of nitrogens with one attached hydrogen (secondary N) is 3. The highest BCUT2D eigenvalue weighted by molar-refractivity contribution is 6.30. The fraction of sp³-hybridized carbons (Fsp3) is 0.0769. The lowest BCUT2D eigenvalue weighted by Crippen LogP contribution is -2.39. The molecule has 6 nitrogen and oxygen atoms in total. The SMILES string of the molecule is O=C(CNC(=O)c1ccco1)NNc1cccc(Cl)c1. The highest BCUT2D eigenvalue weighted by Crippen LogP contribution is 2.13. The van der Waals surface area contributed by atoms with Crippen molar-refractivity contribution in [1.82, 2.24) is 10.7 Å². The minimum absolute atomic E-state index is 0.153. The van der Waals surface area contributed by atoms with Gasteiger partial charge in [0.2, 0.25) is 0 Å². The van der Waals surface area contributed by atoms with Crippen molar-refractivity contribution in [2.75, 3.05) is 12.0 Å². The lowest BCUT2D eigenvalue weighted by atomic mass is 10.3. The second-order valence-corrected chi connectivity index (χ2v) is 4.28. The molecule has 2 rings (SSSR count). The molecule has 3 N–H and O–H groups in total. The van der Waals surface area contributed by atoms with Gasteiger partial charge in [0.1, 0.15) is 0 Å². The molecule has 104 valence electrons. The summed E-state index contributed by atoms with van der Waals surface area (Å²) in [6.45, 7) is -0.174. The van der Waals surface area contributed by atoms with Gasteiger partial charge in [0.25, 0.3) is 11.8 Å². The van der Waals surface area contributed by atoms with Crippen molar-refractivity contribution in [1.29, 1.82) is 0 Å². The van der Waals surface area contributed by atoms with Crippen molar-refractivity contribution < 1.29 is 14.0 Å². The molecule has 0 saturated carbocycles. The minimum Gasteiger partial charge on any atom is -0.459 e. The van der Waals surface area contributed by atoms with Gasteiger partial charge in [-0.1, -0.05) is 17.7 Å². The molecule has 2 aromatic rings. The van der Waals surface area contributed by atoms with E-state index < -0.39 is 11.8 Å². The Morgan fingerprint density at radius 1 is 1.20 bits per heavy atom. The number of benzene rings is 1. The van der Waals surface area contributed by atoms with Crippen LogP contribution in [0.3, 0.4) is 0 Å². The fourth-order valence-electron chi connectivity index (χ4n) is 1.41. The highest BCUT2D eigenvalue weighted by Gasteiger charge is 2.09. The summed E-state index contributed by atoms with van der Waals surface area (Å²) in [5.41, 5.74) is 5.76. The number of hydrogen-bond donors (Lipinski definition) is 3. The van der Waals surface area contributed by atoms with Crippen LogP contribution >= 0.6 is 11.6 Å². The van der Waals surface area contributed by atoms with Gasteiger partial charge >= 0.3 is 0 Å². The molecule has 0 aliphatic carbocycles. The van der Waals surface area contributed by atoms with Crippen LogP contribution in [0.25, 0.3) is 0 Å². The number of halogens is 1. The van der Waals surface area contributed by atoms with E-state index in [9.17, 15) is 9.59 Å². The molecule has 0 radical (unpaired) electrons. The first kappa shape index (κ1) is 14.0. The molecular weight excluding hydrogens is 282 g/mol. The van der Waals surface area contributed by atoms with Crippen LogP contribution in [0, 0.1) is 0 Å². The highest BCUT2D eigenvalue weighted by atomic mass is 35.5. The zero-order valence-corrected chi connectivity index (χ0v) is 11.1. The molecule has 0 aliphatic rings. The van der Waals surface area contributed by atoms with E-state index in [1.54, 1.807) is 30.3 Å². The van der Waals surface area contributed by atoms with Gasteiger partial charge in [0.15, 0.2) is 5.76 Å². The molecule has 1 aromatic heterocycles. The molecule has 0 aliphatic heterocycles. The van der Waals surface area contributed by atoms with Crippen LogP contribution < -0.4 is 16.2 Å². The number of furan rings is 1. The third kappa shape index (κ3) is 4.03. The standard InChI is InChI=1S/C13H12ClN3O3/c14-9-3-1-4-10(7-9)16-17-12(18)8-15-13(19)11-5-2-6-20-11/h1-7,16H,8H2,(H,15,19)(H,17,18). The quantitative estimate of drug-likeness (QED) is 0.734. The molecule has 0 fully saturated rings. The van der Waals surface area contributed by atoms with E-state index in [0.29, 0.717) is 10.7 Å². The Morgan fingerprint density at radius 2 is 2.05 bits per heavy atom. The number of carbonyl (C=O) groups excluding carboxylic acids is 2. The Hall–Kier alpha value is -2.47.